The van der Waals surface area contributed by atoms with E-state index < -0.39 is 0 Å². The molecule has 3 heterocycles. The Balaban J connectivity index is 1.38. The van der Waals surface area contributed by atoms with Crippen LogP contribution in [0.3, 0.4) is 0 Å². The molecule has 0 radical (unpaired) electrons. The van der Waals surface area contributed by atoms with E-state index in [1.807, 2.05) is 24.3 Å². The summed E-state index contributed by atoms with van der Waals surface area (Å²) in [6.45, 7) is 0. The average Bonchev–Trinajstić information content (AvgIpc) is 3.25. The van der Waals surface area contributed by atoms with Gasteiger partial charge in [0.1, 0.15) is 0 Å². The molecular formula is C16H17N3O2S. The van der Waals surface area contributed by atoms with Gasteiger partial charge in [-0.2, -0.15) is 0 Å². The molecule has 2 fully saturated rings. The van der Waals surface area contributed by atoms with Crippen LogP contribution in [0.15, 0.2) is 51.3 Å². The van der Waals surface area contributed by atoms with E-state index in [1.54, 1.807) is 6.20 Å². The van der Waals surface area contributed by atoms with Crippen LogP contribution in [0, 0.1) is 0 Å². The van der Waals surface area contributed by atoms with Crippen molar-refractivity contribution >= 4 is 17.7 Å². The minimum absolute atomic E-state index is 0.00978. The number of carbonyl (C=O) groups is 1. The van der Waals surface area contributed by atoms with Crippen molar-refractivity contribution in [3.05, 3.63) is 42.4 Å². The predicted molar refractivity (Wildman–Crippen MR) is 82.9 cm³/mol. The van der Waals surface area contributed by atoms with Crippen LogP contribution in [0.4, 0.5) is 0 Å². The lowest BCUT2D eigenvalue weighted by Crippen LogP contribution is -2.42. The molecule has 114 valence electrons. The van der Waals surface area contributed by atoms with Crippen molar-refractivity contribution in [2.45, 2.75) is 47.4 Å². The molecule has 2 saturated heterocycles. The monoisotopic (exact) mass is 315 g/mol. The quantitative estimate of drug-likeness (QED) is 0.907. The zero-order valence-corrected chi connectivity index (χ0v) is 12.8. The van der Waals surface area contributed by atoms with Crippen LogP contribution in [-0.2, 0) is 0 Å². The summed E-state index contributed by atoms with van der Waals surface area (Å²) in [5.41, 5.74) is 0.699. The van der Waals surface area contributed by atoms with E-state index in [4.69, 9.17) is 4.42 Å². The van der Waals surface area contributed by atoms with E-state index in [2.05, 4.69) is 15.6 Å². The molecule has 0 unspecified atom stereocenters. The predicted octanol–water partition coefficient (Wildman–Crippen LogP) is 2.45. The first-order valence-electron chi connectivity index (χ1n) is 7.51. The summed E-state index contributed by atoms with van der Waals surface area (Å²) in [7, 11) is 0. The van der Waals surface area contributed by atoms with Gasteiger partial charge in [0.15, 0.2) is 11.5 Å². The van der Waals surface area contributed by atoms with Crippen LogP contribution in [0.25, 0.3) is 0 Å². The summed E-state index contributed by atoms with van der Waals surface area (Å²) in [4.78, 5) is 17.2. The van der Waals surface area contributed by atoms with Gasteiger partial charge in [0.25, 0.3) is 5.91 Å². The van der Waals surface area contributed by atoms with Gasteiger partial charge in [0.05, 0.1) is 6.20 Å². The molecule has 1 amide bonds. The lowest BCUT2D eigenvalue weighted by molar-refractivity contribution is 0.0931. The van der Waals surface area contributed by atoms with Gasteiger partial charge in [-0.05, 0) is 43.5 Å². The number of benzene rings is 1. The average molecular weight is 315 g/mol. The van der Waals surface area contributed by atoms with Crippen LogP contribution in [-0.4, -0.2) is 29.0 Å². The van der Waals surface area contributed by atoms with Gasteiger partial charge < -0.3 is 15.1 Å². The fourth-order valence-corrected chi connectivity index (χ4v) is 3.99. The van der Waals surface area contributed by atoms with Crippen LogP contribution in [0.2, 0.25) is 0 Å². The van der Waals surface area contributed by atoms with Crippen molar-refractivity contribution in [2.75, 3.05) is 0 Å². The Morgan fingerprint density at radius 3 is 2.82 bits per heavy atom. The number of aromatic nitrogens is 1. The molecule has 2 aliphatic rings. The first-order chi connectivity index (χ1) is 10.8. The lowest BCUT2D eigenvalue weighted by atomic mass is 9.95. The standard InChI is InChI=1S/C16H17N3O2S/c20-16(19-14-7-11-3-6-13(14)18-11)10-1-4-12(5-2-10)22-15-8-17-9-21-15/h1-2,4-5,8-9,11,13-14,18H,3,6-7H2,(H,19,20)/t11-,13+,14-/m1/s1. The van der Waals surface area contributed by atoms with E-state index >= 15 is 0 Å². The molecule has 22 heavy (non-hydrogen) atoms. The van der Waals surface area contributed by atoms with Crippen molar-refractivity contribution in [3.8, 4) is 0 Å². The van der Waals surface area contributed by atoms with Crippen molar-refractivity contribution in [2.24, 2.45) is 0 Å². The zero-order valence-electron chi connectivity index (χ0n) is 12.0. The second-order valence-corrected chi connectivity index (χ2v) is 6.89. The summed E-state index contributed by atoms with van der Waals surface area (Å²) >= 11 is 1.49. The lowest BCUT2D eigenvalue weighted by Gasteiger charge is -2.21. The first kappa shape index (κ1) is 13.8. The Morgan fingerprint density at radius 1 is 1.32 bits per heavy atom. The maximum atomic E-state index is 12.3. The highest BCUT2D eigenvalue weighted by atomic mass is 32.2. The SMILES string of the molecule is O=C(N[C@@H]1C[C@H]2CC[C@@H]1N2)c1ccc(Sc2cnco2)cc1. The molecular weight excluding hydrogens is 298 g/mol. The Hall–Kier alpha value is -1.79. The highest BCUT2D eigenvalue weighted by Gasteiger charge is 2.39. The number of rotatable bonds is 4. The molecule has 2 aliphatic heterocycles. The summed E-state index contributed by atoms with van der Waals surface area (Å²) in [6.07, 6.45) is 6.55. The number of amides is 1. The van der Waals surface area contributed by atoms with E-state index in [0.717, 1.165) is 16.4 Å². The molecule has 2 N–H and O–H groups in total. The normalized spacial score (nSPS) is 26.3. The molecule has 6 heteroatoms. The topological polar surface area (TPSA) is 67.2 Å². The molecule has 0 spiro atoms. The Kier molecular flexibility index (Phi) is 3.63. The van der Waals surface area contributed by atoms with Crippen molar-refractivity contribution < 1.29 is 9.21 Å². The van der Waals surface area contributed by atoms with E-state index in [9.17, 15) is 4.79 Å². The Bertz CT molecular complexity index is 657. The smallest absolute Gasteiger partial charge is 0.251 e. The third-order valence-corrected chi connectivity index (χ3v) is 5.27. The summed E-state index contributed by atoms with van der Waals surface area (Å²) in [6, 6.07) is 8.90. The molecule has 2 aromatic rings. The molecule has 0 saturated carbocycles. The minimum atomic E-state index is 0.00978. The van der Waals surface area contributed by atoms with E-state index in [-0.39, 0.29) is 11.9 Å². The molecule has 3 atom stereocenters. The molecule has 1 aromatic heterocycles. The second kappa shape index (κ2) is 5.78. The van der Waals surface area contributed by atoms with Crippen LogP contribution in [0.1, 0.15) is 29.6 Å². The maximum absolute atomic E-state index is 12.3. The molecule has 1 aromatic carbocycles. The van der Waals surface area contributed by atoms with Gasteiger partial charge >= 0.3 is 0 Å². The number of hydrogen-bond acceptors (Lipinski definition) is 5. The highest BCUT2D eigenvalue weighted by Crippen LogP contribution is 2.29. The Morgan fingerprint density at radius 2 is 2.18 bits per heavy atom. The molecule has 0 aliphatic carbocycles. The first-order valence-corrected chi connectivity index (χ1v) is 8.33. The largest absolute Gasteiger partial charge is 0.437 e. The number of nitrogens with zero attached hydrogens (tertiary/aromatic N) is 1. The maximum Gasteiger partial charge on any atom is 0.251 e. The van der Waals surface area contributed by atoms with Crippen molar-refractivity contribution in [1.29, 1.82) is 0 Å². The number of nitrogens with one attached hydrogen (secondary N) is 2. The van der Waals surface area contributed by atoms with Gasteiger partial charge in [-0.3, -0.25) is 4.79 Å². The van der Waals surface area contributed by atoms with Crippen LogP contribution < -0.4 is 10.6 Å². The fraction of sp³-hybridized carbons (Fsp3) is 0.375. The summed E-state index contributed by atoms with van der Waals surface area (Å²) < 4.78 is 5.20. The second-order valence-electron chi connectivity index (χ2n) is 5.81. The van der Waals surface area contributed by atoms with Crippen LogP contribution in [0.5, 0.6) is 0 Å². The van der Waals surface area contributed by atoms with Gasteiger partial charge in [-0.25, -0.2) is 4.98 Å². The fourth-order valence-electron chi connectivity index (χ4n) is 3.28. The third kappa shape index (κ3) is 2.76. The molecule has 4 rings (SSSR count). The van der Waals surface area contributed by atoms with Crippen LogP contribution >= 0.6 is 11.8 Å². The number of fused-ring (bicyclic) bond motifs is 2. The number of hydrogen-bond donors (Lipinski definition) is 2. The van der Waals surface area contributed by atoms with Gasteiger partial charge in [-0.1, -0.05) is 11.8 Å². The van der Waals surface area contributed by atoms with Crippen molar-refractivity contribution in [1.82, 2.24) is 15.6 Å². The summed E-state index contributed by atoms with van der Waals surface area (Å²) in [5, 5.41) is 7.43. The molecule has 5 nitrogen and oxygen atoms in total. The number of oxazole rings is 1. The Labute approximate surface area is 132 Å². The minimum Gasteiger partial charge on any atom is -0.437 e. The number of carbonyl (C=O) groups excluding carboxylic acids is 1. The van der Waals surface area contributed by atoms with Gasteiger partial charge in [0.2, 0.25) is 0 Å². The summed E-state index contributed by atoms with van der Waals surface area (Å²) in [5.74, 6) is 0.00978. The highest BCUT2D eigenvalue weighted by molar-refractivity contribution is 7.99. The van der Waals surface area contributed by atoms with Gasteiger partial charge in [0, 0.05) is 28.6 Å². The zero-order chi connectivity index (χ0) is 14.9. The van der Waals surface area contributed by atoms with Gasteiger partial charge in [-0.15, -0.1) is 0 Å². The van der Waals surface area contributed by atoms with E-state index in [0.29, 0.717) is 17.6 Å². The van der Waals surface area contributed by atoms with Crippen molar-refractivity contribution in [3.63, 3.8) is 0 Å². The third-order valence-electron chi connectivity index (χ3n) is 4.36. The van der Waals surface area contributed by atoms with E-state index in [1.165, 1.54) is 31.0 Å². The molecule has 2 bridgehead atoms.